The van der Waals surface area contributed by atoms with E-state index in [9.17, 15) is 14.7 Å². The quantitative estimate of drug-likeness (QED) is 0.751. The number of carboxylic acids is 1. The summed E-state index contributed by atoms with van der Waals surface area (Å²) in [6.45, 7) is 6.23. The van der Waals surface area contributed by atoms with E-state index < -0.39 is 11.9 Å². The Hall–Kier alpha value is -1.30. The average molecular weight is 300 g/mol. The maximum absolute atomic E-state index is 12.1. The van der Waals surface area contributed by atoms with E-state index in [1.807, 2.05) is 13.8 Å². The van der Waals surface area contributed by atoms with Gasteiger partial charge in [-0.3, -0.25) is 4.79 Å². The highest BCUT2D eigenvalue weighted by Crippen LogP contribution is 2.17. The highest BCUT2D eigenvalue weighted by atomic mass is 16.5. The summed E-state index contributed by atoms with van der Waals surface area (Å²) in [5.74, 6) is -0.696. The summed E-state index contributed by atoms with van der Waals surface area (Å²) in [6.07, 6.45) is 2.61. The van der Waals surface area contributed by atoms with Gasteiger partial charge in [0.1, 0.15) is 0 Å². The molecule has 0 bridgehead atoms. The lowest BCUT2D eigenvalue weighted by Gasteiger charge is -2.32. The van der Waals surface area contributed by atoms with Gasteiger partial charge in [0.2, 0.25) is 0 Å². The van der Waals surface area contributed by atoms with Gasteiger partial charge in [-0.1, -0.05) is 13.8 Å². The van der Waals surface area contributed by atoms with E-state index in [-0.39, 0.29) is 12.6 Å². The summed E-state index contributed by atoms with van der Waals surface area (Å²) in [5.41, 5.74) is 0. The summed E-state index contributed by atoms with van der Waals surface area (Å²) in [7, 11) is 1.67. The minimum atomic E-state index is -0.847. The van der Waals surface area contributed by atoms with Gasteiger partial charge in [0.25, 0.3) is 0 Å². The summed E-state index contributed by atoms with van der Waals surface area (Å²) in [4.78, 5) is 25.1. The van der Waals surface area contributed by atoms with Gasteiger partial charge in [0, 0.05) is 32.7 Å². The number of carbonyl (C=O) groups is 2. The largest absolute Gasteiger partial charge is 0.481 e. The van der Waals surface area contributed by atoms with Gasteiger partial charge in [0.15, 0.2) is 0 Å². The third-order valence-corrected chi connectivity index (χ3v) is 3.81. The number of piperidine rings is 1. The first kappa shape index (κ1) is 17.8. The van der Waals surface area contributed by atoms with E-state index in [4.69, 9.17) is 4.74 Å². The van der Waals surface area contributed by atoms with Gasteiger partial charge in [-0.15, -0.1) is 0 Å². The highest BCUT2D eigenvalue weighted by Gasteiger charge is 2.25. The molecule has 2 amide bonds. The van der Waals surface area contributed by atoms with E-state index in [0.717, 1.165) is 19.4 Å². The molecular formula is C15H28N2O4. The normalized spacial score (nSPS) is 20.4. The molecule has 6 nitrogen and oxygen atoms in total. The maximum atomic E-state index is 12.1. The second kappa shape index (κ2) is 8.87. The summed E-state index contributed by atoms with van der Waals surface area (Å²) < 4.78 is 5.15. The van der Waals surface area contributed by atoms with Crippen molar-refractivity contribution >= 4 is 12.0 Å². The minimum Gasteiger partial charge on any atom is -0.481 e. The molecule has 0 saturated carbocycles. The number of nitrogens with one attached hydrogen (secondary N) is 1. The van der Waals surface area contributed by atoms with Gasteiger partial charge in [0.05, 0.1) is 12.5 Å². The molecule has 6 heteroatoms. The third-order valence-electron chi connectivity index (χ3n) is 3.81. The van der Waals surface area contributed by atoms with Crippen molar-refractivity contribution in [3.05, 3.63) is 0 Å². The summed E-state index contributed by atoms with van der Waals surface area (Å²) >= 11 is 0. The molecule has 1 aliphatic heterocycles. The average Bonchev–Trinajstić information content (AvgIpc) is 2.43. The Labute approximate surface area is 126 Å². The molecule has 2 atom stereocenters. The SMILES string of the molecule is COCC1CCCN(C(=O)NCC(CC(C)C)C(=O)O)C1. The molecule has 0 aromatic rings. The topological polar surface area (TPSA) is 78.9 Å². The van der Waals surface area contributed by atoms with Gasteiger partial charge in [-0.05, 0) is 25.2 Å². The van der Waals surface area contributed by atoms with Gasteiger partial charge >= 0.3 is 12.0 Å². The number of hydrogen-bond acceptors (Lipinski definition) is 3. The molecule has 21 heavy (non-hydrogen) atoms. The van der Waals surface area contributed by atoms with E-state index in [1.54, 1.807) is 12.0 Å². The van der Waals surface area contributed by atoms with Gasteiger partial charge in [-0.2, -0.15) is 0 Å². The Bertz CT molecular complexity index is 345. The van der Waals surface area contributed by atoms with Crippen molar-refractivity contribution in [2.75, 3.05) is 33.4 Å². The molecule has 0 spiro atoms. The zero-order valence-electron chi connectivity index (χ0n) is 13.3. The predicted molar refractivity (Wildman–Crippen MR) is 80.2 cm³/mol. The molecular weight excluding hydrogens is 272 g/mol. The molecule has 1 fully saturated rings. The van der Waals surface area contributed by atoms with Crippen LogP contribution in [0.15, 0.2) is 0 Å². The number of likely N-dealkylation sites (tertiary alicyclic amines) is 1. The molecule has 122 valence electrons. The number of hydrogen-bond donors (Lipinski definition) is 2. The Kier molecular flexibility index (Phi) is 7.50. The fraction of sp³-hybridized carbons (Fsp3) is 0.867. The monoisotopic (exact) mass is 300 g/mol. The van der Waals surface area contributed by atoms with Crippen LogP contribution in [-0.4, -0.2) is 55.4 Å². The van der Waals surface area contributed by atoms with Crippen LogP contribution in [0.5, 0.6) is 0 Å². The molecule has 1 saturated heterocycles. The fourth-order valence-electron chi connectivity index (χ4n) is 2.78. The van der Waals surface area contributed by atoms with Crippen molar-refractivity contribution in [2.45, 2.75) is 33.1 Å². The minimum absolute atomic E-state index is 0.161. The molecule has 1 aliphatic rings. The van der Waals surface area contributed by atoms with Crippen molar-refractivity contribution in [3.63, 3.8) is 0 Å². The zero-order chi connectivity index (χ0) is 15.8. The number of methoxy groups -OCH3 is 1. The molecule has 0 aromatic heterocycles. The second-order valence-electron chi connectivity index (χ2n) is 6.26. The molecule has 2 unspecified atom stereocenters. The van der Waals surface area contributed by atoms with Crippen LogP contribution in [0.3, 0.4) is 0 Å². The number of carboxylic acid groups (broad SMARTS) is 1. The van der Waals surface area contributed by atoms with E-state index in [1.165, 1.54) is 0 Å². The summed E-state index contributed by atoms with van der Waals surface area (Å²) in [6, 6.07) is -0.161. The molecule has 0 aromatic carbocycles. The van der Waals surface area contributed by atoms with E-state index in [2.05, 4.69) is 5.32 Å². The second-order valence-corrected chi connectivity index (χ2v) is 6.26. The van der Waals surface area contributed by atoms with E-state index >= 15 is 0 Å². The molecule has 0 radical (unpaired) electrons. The van der Waals surface area contributed by atoms with Crippen molar-refractivity contribution < 1.29 is 19.4 Å². The fourth-order valence-corrected chi connectivity index (χ4v) is 2.78. The number of aliphatic carboxylic acids is 1. The van der Waals surface area contributed by atoms with Gasteiger partial charge in [-0.25, -0.2) is 4.79 Å². The number of urea groups is 1. The van der Waals surface area contributed by atoms with E-state index in [0.29, 0.717) is 31.4 Å². The maximum Gasteiger partial charge on any atom is 0.317 e. The van der Waals surface area contributed by atoms with Crippen molar-refractivity contribution in [1.82, 2.24) is 10.2 Å². The Morgan fingerprint density at radius 1 is 1.43 bits per heavy atom. The first-order valence-electron chi connectivity index (χ1n) is 7.68. The van der Waals surface area contributed by atoms with Crippen LogP contribution in [0, 0.1) is 17.8 Å². The number of nitrogens with zero attached hydrogens (tertiary/aromatic N) is 1. The van der Waals surface area contributed by atoms with Crippen LogP contribution in [-0.2, 0) is 9.53 Å². The first-order chi connectivity index (χ1) is 9.93. The zero-order valence-corrected chi connectivity index (χ0v) is 13.3. The Morgan fingerprint density at radius 2 is 2.14 bits per heavy atom. The smallest absolute Gasteiger partial charge is 0.317 e. The van der Waals surface area contributed by atoms with Crippen LogP contribution in [0.2, 0.25) is 0 Å². The number of carbonyl (C=O) groups excluding carboxylic acids is 1. The Balaban J connectivity index is 2.42. The standard InChI is InChI=1S/C15H28N2O4/c1-11(2)7-13(14(18)19)8-16-15(20)17-6-4-5-12(9-17)10-21-3/h11-13H,4-10H2,1-3H3,(H,16,20)(H,18,19). The lowest BCUT2D eigenvalue weighted by atomic mass is 9.97. The first-order valence-corrected chi connectivity index (χ1v) is 7.68. The molecule has 2 N–H and O–H groups in total. The lowest BCUT2D eigenvalue weighted by Crippen LogP contribution is -2.47. The molecule has 0 aliphatic carbocycles. The van der Waals surface area contributed by atoms with Crippen LogP contribution in [0.25, 0.3) is 0 Å². The van der Waals surface area contributed by atoms with Crippen LogP contribution in [0.1, 0.15) is 33.1 Å². The van der Waals surface area contributed by atoms with Crippen molar-refractivity contribution in [3.8, 4) is 0 Å². The highest BCUT2D eigenvalue weighted by molar-refractivity contribution is 5.76. The number of rotatable bonds is 7. The number of amides is 2. The van der Waals surface area contributed by atoms with Crippen molar-refractivity contribution in [1.29, 1.82) is 0 Å². The lowest BCUT2D eigenvalue weighted by molar-refractivity contribution is -0.142. The van der Waals surface area contributed by atoms with Crippen molar-refractivity contribution in [2.24, 2.45) is 17.8 Å². The predicted octanol–water partition coefficient (Wildman–Crippen LogP) is 1.80. The van der Waals surface area contributed by atoms with Crippen LogP contribution in [0.4, 0.5) is 4.79 Å². The van der Waals surface area contributed by atoms with Gasteiger partial charge < -0.3 is 20.1 Å². The molecule has 1 rings (SSSR count). The summed E-state index contributed by atoms with van der Waals surface area (Å²) in [5, 5.41) is 11.9. The third kappa shape index (κ3) is 6.33. The Morgan fingerprint density at radius 3 is 2.71 bits per heavy atom. The number of ether oxygens (including phenoxy) is 1. The molecule has 1 heterocycles. The van der Waals surface area contributed by atoms with Crippen LogP contribution < -0.4 is 5.32 Å². The van der Waals surface area contributed by atoms with Crippen LogP contribution >= 0.6 is 0 Å².